The molecule has 0 unspecified atom stereocenters. The summed E-state index contributed by atoms with van der Waals surface area (Å²) in [7, 11) is 0. The number of aryl methyl sites for hydroxylation is 1. The summed E-state index contributed by atoms with van der Waals surface area (Å²) in [5.74, 6) is 1.85. The molecule has 1 saturated heterocycles. The Morgan fingerprint density at radius 1 is 1.37 bits per heavy atom. The first-order valence-corrected chi connectivity index (χ1v) is 9.26. The average molecular weight is 369 g/mol. The molecule has 1 fully saturated rings. The molecule has 0 saturated carbocycles. The molecule has 8 heteroatoms. The van der Waals surface area contributed by atoms with Gasteiger partial charge in [-0.1, -0.05) is 31.1 Å². The minimum Gasteiger partial charge on any atom is -0.439 e. The Morgan fingerprint density at radius 2 is 2.22 bits per heavy atom. The number of likely N-dealkylation sites (tertiary alicyclic amines) is 1. The molecule has 1 aromatic carbocycles. The van der Waals surface area contributed by atoms with Crippen molar-refractivity contribution in [3.8, 4) is 0 Å². The molecule has 27 heavy (non-hydrogen) atoms. The van der Waals surface area contributed by atoms with Gasteiger partial charge in [0.25, 0.3) is 0 Å². The molecule has 8 nitrogen and oxygen atoms in total. The third-order valence-electron chi connectivity index (χ3n) is 4.83. The Kier molecular flexibility index (Phi) is 4.55. The number of nitrogens with zero attached hydrogens (tertiary/aromatic N) is 4. The summed E-state index contributed by atoms with van der Waals surface area (Å²) in [4.78, 5) is 23.3. The quantitative estimate of drug-likeness (QED) is 0.753. The van der Waals surface area contributed by atoms with Crippen LogP contribution in [0.3, 0.4) is 0 Å². The number of aromatic nitrogens is 3. The van der Waals surface area contributed by atoms with Crippen molar-refractivity contribution < 1.29 is 13.7 Å². The number of para-hydroxylation sites is 1. The van der Waals surface area contributed by atoms with Gasteiger partial charge in [-0.15, -0.1) is 0 Å². The van der Waals surface area contributed by atoms with E-state index in [2.05, 4.69) is 20.4 Å². The molecule has 142 valence electrons. The van der Waals surface area contributed by atoms with Gasteiger partial charge in [-0.25, -0.2) is 9.78 Å². The number of fused-ring (bicyclic) bond motifs is 1. The minimum absolute atomic E-state index is 0.180. The SMILES string of the molecule is Cc1cccc2oc(CNC(=O)N3CCC[C@H]3c3nc(C(C)C)no3)nc12. The molecule has 3 heterocycles. The zero-order valence-corrected chi connectivity index (χ0v) is 15.7. The van der Waals surface area contributed by atoms with Crippen LogP contribution < -0.4 is 5.32 Å². The van der Waals surface area contributed by atoms with Gasteiger partial charge in [-0.3, -0.25) is 0 Å². The maximum Gasteiger partial charge on any atom is 0.318 e. The van der Waals surface area contributed by atoms with E-state index in [1.54, 1.807) is 4.90 Å². The molecule has 3 aromatic rings. The van der Waals surface area contributed by atoms with Gasteiger partial charge in [0, 0.05) is 12.5 Å². The Bertz CT molecular complexity index is 961. The van der Waals surface area contributed by atoms with E-state index in [1.165, 1.54) is 0 Å². The third-order valence-corrected chi connectivity index (χ3v) is 4.83. The molecule has 1 atom stereocenters. The predicted octanol–water partition coefficient (Wildman–Crippen LogP) is 3.69. The molecule has 1 aliphatic heterocycles. The number of amides is 2. The van der Waals surface area contributed by atoms with E-state index in [0.29, 0.717) is 24.2 Å². The predicted molar refractivity (Wildman–Crippen MR) is 98.0 cm³/mol. The van der Waals surface area contributed by atoms with Crippen molar-refractivity contribution in [2.45, 2.75) is 52.1 Å². The maximum atomic E-state index is 12.7. The summed E-state index contributed by atoms with van der Waals surface area (Å²) in [6, 6.07) is 5.42. The number of rotatable bonds is 4. The number of oxazole rings is 1. The summed E-state index contributed by atoms with van der Waals surface area (Å²) in [5, 5.41) is 6.90. The van der Waals surface area contributed by atoms with Crippen LogP contribution in [0.5, 0.6) is 0 Å². The molecule has 2 amide bonds. The zero-order valence-electron chi connectivity index (χ0n) is 15.7. The van der Waals surface area contributed by atoms with E-state index < -0.39 is 0 Å². The Hall–Kier alpha value is -2.90. The van der Waals surface area contributed by atoms with E-state index in [-0.39, 0.29) is 24.5 Å². The fourth-order valence-electron chi connectivity index (χ4n) is 3.34. The molecule has 0 aliphatic carbocycles. The van der Waals surface area contributed by atoms with Crippen LogP contribution in [-0.2, 0) is 6.54 Å². The Balaban J connectivity index is 1.44. The summed E-state index contributed by atoms with van der Waals surface area (Å²) < 4.78 is 11.1. The van der Waals surface area contributed by atoms with Crippen LogP contribution in [0.2, 0.25) is 0 Å². The number of carbonyl (C=O) groups is 1. The number of hydrogen-bond donors (Lipinski definition) is 1. The van der Waals surface area contributed by atoms with Crippen LogP contribution in [0.4, 0.5) is 4.79 Å². The molecule has 0 spiro atoms. The van der Waals surface area contributed by atoms with Crippen LogP contribution in [0.25, 0.3) is 11.1 Å². The lowest BCUT2D eigenvalue weighted by atomic mass is 10.2. The summed E-state index contributed by atoms with van der Waals surface area (Å²) in [6.07, 6.45) is 1.72. The highest BCUT2D eigenvalue weighted by Gasteiger charge is 2.34. The second kappa shape index (κ2) is 7.02. The first-order chi connectivity index (χ1) is 13.0. The second-order valence-electron chi connectivity index (χ2n) is 7.18. The fraction of sp³-hybridized carbons (Fsp3) is 0.474. The second-order valence-corrected chi connectivity index (χ2v) is 7.18. The van der Waals surface area contributed by atoms with Crippen molar-refractivity contribution in [3.05, 3.63) is 41.4 Å². The number of carbonyl (C=O) groups excluding carboxylic acids is 1. The minimum atomic E-state index is -0.184. The van der Waals surface area contributed by atoms with E-state index >= 15 is 0 Å². The highest BCUT2D eigenvalue weighted by atomic mass is 16.5. The highest BCUT2D eigenvalue weighted by molar-refractivity contribution is 5.77. The fourth-order valence-corrected chi connectivity index (χ4v) is 3.34. The van der Waals surface area contributed by atoms with Gasteiger partial charge in [0.15, 0.2) is 11.4 Å². The molecule has 2 aromatic heterocycles. The lowest BCUT2D eigenvalue weighted by molar-refractivity contribution is 0.179. The van der Waals surface area contributed by atoms with Gasteiger partial charge in [0.1, 0.15) is 11.6 Å². The van der Waals surface area contributed by atoms with Gasteiger partial charge in [0.2, 0.25) is 11.8 Å². The molecule has 1 aliphatic rings. The van der Waals surface area contributed by atoms with Crippen molar-refractivity contribution in [2.24, 2.45) is 0 Å². The highest BCUT2D eigenvalue weighted by Crippen LogP contribution is 2.31. The number of nitrogens with one attached hydrogen (secondary N) is 1. The van der Waals surface area contributed by atoms with Crippen LogP contribution in [0.15, 0.2) is 27.1 Å². The van der Waals surface area contributed by atoms with Gasteiger partial charge >= 0.3 is 6.03 Å². The maximum absolute atomic E-state index is 12.7. The largest absolute Gasteiger partial charge is 0.439 e. The first kappa shape index (κ1) is 17.5. The number of hydrogen-bond acceptors (Lipinski definition) is 6. The van der Waals surface area contributed by atoms with Crippen LogP contribution in [0.1, 0.15) is 61.8 Å². The Morgan fingerprint density at radius 3 is 2.96 bits per heavy atom. The number of benzene rings is 1. The lowest BCUT2D eigenvalue weighted by Gasteiger charge is -2.21. The first-order valence-electron chi connectivity index (χ1n) is 9.26. The zero-order chi connectivity index (χ0) is 19.0. The van der Waals surface area contributed by atoms with Gasteiger partial charge in [-0.05, 0) is 31.4 Å². The van der Waals surface area contributed by atoms with Crippen molar-refractivity contribution in [3.63, 3.8) is 0 Å². The normalized spacial score (nSPS) is 17.2. The van der Waals surface area contributed by atoms with Gasteiger partial charge in [-0.2, -0.15) is 4.98 Å². The smallest absolute Gasteiger partial charge is 0.318 e. The van der Waals surface area contributed by atoms with E-state index in [1.807, 2.05) is 39.0 Å². The van der Waals surface area contributed by atoms with Crippen molar-refractivity contribution in [1.29, 1.82) is 0 Å². The Labute approximate surface area is 156 Å². The number of urea groups is 1. The van der Waals surface area contributed by atoms with Crippen LogP contribution in [0, 0.1) is 6.92 Å². The van der Waals surface area contributed by atoms with Gasteiger partial charge < -0.3 is 19.2 Å². The summed E-state index contributed by atoms with van der Waals surface area (Å²) in [6.45, 7) is 6.89. The van der Waals surface area contributed by atoms with Crippen molar-refractivity contribution >= 4 is 17.1 Å². The molecule has 1 N–H and O–H groups in total. The van der Waals surface area contributed by atoms with E-state index in [4.69, 9.17) is 8.94 Å². The topological polar surface area (TPSA) is 97.3 Å². The van der Waals surface area contributed by atoms with Crippen molar-refractivity contribution in [1.82, 2.24) is 25.3 Å². The third kappa shape index (κ3) is 3.39. The van der Waals surface area contributed by atoms with E-state index in [0.717, 1.165) is 29.5 Å². The standard InChI is InChI=1S/C19H23N5O3/c1-11(2)17-22-18(27-23-17)13-7-5-9-24(13)19(25)20-10-15-21-16-12(3)6-4-8-14(16)26-15/h4,6,8,11,13H,5,7,9-10H2,1-3H3,(H,20,25)/t13-/m0/s1. The average Bonchev–Trinajstić information content (AvgIpc) is 3.37. The van der Waals surface area contributed by atoms with E-state index in [9.17, 15) is 4.79 Å². The van der Waals surface area contributed by atoms with Crippen LogP contribution in [-0.4, -0.2) is 32.6 Å². The molecule has 0 bridgehead atoms. The van der Waals surface area contributed by atoms with Crippen molar-refractivity contribution in [2.75, 3.05) is 6.54 Å². The molecular weight excluding hydrogens is 346 g/mol. The molecule has 4 rings (SSSR count). The molecular formula is C19H23N5O3. The molecule has 0 radical (unpaired) electrons. The summed E-state index contributed by atoms with van der Waals surface area (Å²) >= 11 is 0. The summed E-state index contributed by atoms with van der Waals surface area (Å²) in [5.41, 5.74) is 2.60. The lowest BCUT2D eigenvalue weighted by Crippen LogP contribution is -2.39. The monoisotopic (exact) mass is 369 g/mol. The van der Waals surface area contributed by atoms with Gasteiger partial charge in [0.05, 0.1) is 6.54 Å². The van der Waals surface area contributed by atoms with Crippen LogP contribution >= 0.6 is 0 Å².